The molecule has 3 nitrogen and oxygen atoms in total. The average Bonchev–Trinajstić information content (AvgIpc) is 3.12. The van der Waals surface area contributed by atoms with E-state index in [1.54, 1.807) is 0 Å². The minimum atomic E-state index is -0.0510. The molecule has 2 rings (SSSR count). The molecule has 0 amide bonds. The summed E-state index contributed by atoms with van der Waals surface area (Å²) in [6, 6.07) is 5.80. The topological polar surface area (TPSA) is 31.0 Å². The maximum atomic E-state index is 6.12. The minimum Gasteiger partial charge on any atom is -0.492 e. The highest BCUT2D eigenvalue weighted by atomic mass is 16.6. The van der Waals surface area contributed by atoms with Crippen molar-refractivity contribution in [2.75, 3.05) is 13.2 Å². The number of hydrogen-bond donors (Lipinski definition) is 0. The first-order valence-corrected chi connectivity index (χ1v) is 6.36. The number of ether oxygens (including phenoxy) is 3. The van der Waals surface area contributed by atoms with Crippen molar-refractivity contribution in [3.8, 4) is 5.75 Å². The van der Waals surface area contributed by atoms with Crippen LogP contribution in [0.1, 0.15) is 32.4 Å². The zero-order chi connectivity index (χ0) is 13.1. The molecule has 1 aliphatic rings. The van der Waals surface area contributed by atoms with Gasteiger partial charge in [-0.1, -0.05) is 12.1 Å². The molecule has 0 aromatic heterocycles. The summed E-state index contributed by atoms with van der Waals surface area (Å²) in [6.45, 7) is 7.38. The van der Waals surface area contributed by atoms with Gasteiger partial charge in [0.25, 0.3) is 0 Å². The van der Waals surface area contributed by atoms with Crippen LogP contribution in [0.25, 0.3) is 0 Å². The van der Waals surface area contributed by atoms with E-state index in [4.69, 9.17) is 22.1 Å². The van der Waals surface area contributed by atoms with E-state index in [1.165, 1.54) is 0 Å². The molecule has 0 bridgehead atoms. The number of epoxide rings is 1. The number of rotatable bonds is 6. The molecule has 96 valence electrons. The van der Waals surface area contributed by atoms with E-state index in [-0.39, 0.29) is 18.3 Å². The van der Waals surface area contributed by atoms with Crippen LogP contribution in [0.4, 0.5) is 0 Å². The summed E-state index contributed by atoms with van der Waals surface area (Å²) in [4.78, 5) is 0. The Labute approximate surface area is 110 Å². The highest BCUT2D eigenvalue weighted by Gasteiger charge is 2.24. The van der Waals surface area contributed by atoms with E-state index in [2.05, 4.69) is 0 Å². The van der Waals surface area contributed by atoms with Gasteiger partial charge in [-0.2, -0.15) is 0 Å². The van der Waals surface area contributed by atoms with Crippen molar-refractivity contribution in [1.29, 1.82) is 0 Å². The van der Waals surface area contributed by atoms with E-state index in [0.717, 1.165) is 17.9 Å². The first kappa shape index (κ1) is 13.4. The smallest absolute Gasteiger partial charge is 0.119 e. The lowest BCUT2D eigenvalue weighted by Gasteiger charge is -2.19. The fraction of sp³-hybridized carbons (Fsp3) is 0.571. The van der Waals surface area contributed by atoms with Crippen molar-refractivity contribution in [3.63, 3.8) is 0 Å². The van der Waals surface area contributed by atoms with Gasteiger partial charge in [0.15, 0.2) is 0 Å². The third-order valence-electron chi connectivity index (χ3n) is 2.83. The van der Waals surface area contributed by atoms with Crippen molar-refractivity contribution in [2.45, 2.75) is 39.1 Å². The van der Waals surface area contributed by atoms with Gasteiger partial charge in [-0.25, -0.2) is 0 Å². The lowest BCUT2D eigenvalue weighted by Crippen LogP contribution is -2.21. The third-order valence-corrected chi connectivity index (χ3v) is 2.83. The fourth-order valence-corrected chi connectivity index (χ4v) is 1.78. The fourth-order valence-electron chi connectivity index (χ4n) is 1.78. The molecule has 18 heavy (non-hydrogen) atoms. The van der Waals surface area contributed by atoms with Crippen LogP contribution in [-0.4, -0.2) is 33.3 Å². The molecule has 2 radical (unpaired) electrons. The summed E-state index contributed by atoms with van der Waals surface area (Å²) in [5.41, 5.74) is 1.63. The van der Waals surface area contributed by atoms with Gasteiger partial charge in [-0.3, -0.25) is 0 Å². The molecular formula is C14H19BO3. The quantitative estimate of drug-likeness (QED) is 0.566. The maximum Gasteiger partial charge on any atom is 0.119 e. The molecule has 1 aromatic rings. The molecule has 0 saturated carbocycles. The molecule has 1 saturated heterocycles. The van der Waals surface area contributed by atoms with Crippen LogP contribution >= 0.6 is 0 Å². The molecule has 0 N–H and O–H groups in total. The molecule has 1 fully saturated rings. The molecular weight excluding hydrogens is 227 g/mol. The summed E-state index contributed by atoms with van der Waals surface area (Å²) >= 11 is 0. The lowest BCUT2D eigenvalue weighted by molar-refractivity contribution is 0.0544. The largest absolute Gasteiger partial charge is 0.492 e. The first-order valence-electron chi connectivity index (χ1n) is 6.36. The number of benzene rings is 1. The van der Waals surface area contributed by atoms with E-state index in [9.17, 15) is 0 Å². The van der Waals surface area contributed by atoms with Gasteiger partial charge in [0.1, 0.15) is 19.7 Å². The van der Waals surface area contributed by atoms with Gasteiger partial charge in [-0.05, 0) is 37.9 Å². The molecule has 1 aliphatic heterocycles. The molecule has 0 unspecified atom stereocenters. The van der Waals surface area contributed by atoms with Gasteiger partial charge in [0.05, 0.1) is 25.4 Å². The van der Waals surface area contributed by atoms with Crippen LogP contribution in [0, 0.1) is 0 Å². The molecule has 1 heterocycles. The summed E-state index contributed by atoms with van der Waals surface area (Å²) in [6.07, 6.45) is 0.326. The SMILES string of the molecule is [B]c1c(OC(C)C)cccc1[C@@H](C)OC[C@H]1CO1. The Kier molecular flexibility index (Phi) is 4.30. The Morgan fingerprint density at radius 1 is 1.39 bits per heavy atom. The Morgan fingerprint density at radius 2 is 2.11 bits per heavy atom. The van der Waals surface area contributed by atoms with Crippen molar-refractivity contribution in [1.82, 2.24) is 0 Å². The normalized spacial score (nSPS) is 19.9. The highest BCUT2D eigenvalue weighted by Crippen LogP contribution is 2.21. The number of hydrogen-bond acceptors (Lipinski definition) is 3. The van der Waals surface area contributed by atoms with Crippen LogP contribution in [0.3, 0.4) is 0 Å². The standard InChI is InChI=1S/C14H19BO3/c1-9(2)18-13-6-4-5-12(14(13)15)10(3)16-7-11-8-17-11/h4-6,9-11H,7-8H2,1-3H3/t10-,11+/m1/s1. The Hall–Kier alpha value is -0.995. The molecule has 1 aromatic carbocycles. The maximum absolute atomic E-state index is 6.12. The van der Waals surface area contributed by atoms with Crippen molar-refractivity contribution < 1.29 is 14.2 Å². The highest BCUT2D eigenvalue weighted by molar-refractivity contribution is 6.35. The summed E-state index contributed by atoms with van der Waals surface area (Å²) in [7, 11) is 6.12. The second kappa shape index (κ2) is 5.76. The minimum absolute atomic E-state index is 0.0510. The van der Waals surface area contributed by atoms with Gasteiger partial charge < -0.3 is 14.2 Å². The van der Waals surface area contributed by atoms with Crippen LogP contribution in [0.15, 0.2) is 18.2 Å². The van der Waals surface area contributed by atoms with Crippen molar-refractivity contribution in [3.05, 3.63) is 23.8 Å². The Bertz CT molecular complexity index is 402. The molecule has 2 atom stereocenters. The van der Waals surface area contributed by atoms with Crippen molar-refractivity contribution in [2.24, 2.45) is 0 Å². The van der Waals surface area contributed by atoms with Crippen LogP contribution in [-0.2, 0) is 9.47 Å². The summed E-state index contributed by atoms with van der Waals surface area (Å²) < 4.78 is 16.5. The predicted octanol–water partition coefficient (Wildman–Crippen LogP) is 1.74. The average molecular weight is 246 g/mol. The van der Waals surface area contributed by atoms with Crippen LogP contribution in [0.2, 0.25) is 0 Å². The second-order valence-corrected chi connectivity index (χ2v) is 4.86. The lowest BCUT2D eigenvalue weighted by atomic mass is 9.87. The van der Waals surface area contributed by atoms with Gasteiger partial charge in [0, 0.05) is 0 Å². The van der Waals surface area contributed by atoms with Crippen molar-refractivity contribution >= 4 is 13.3 Å². The third kappa shape index (κ3) is 3.50. The summed E-state index contributed by atoms with van der Waals surface area (Å²) in [5, 5.41) is 0. The zero-order valence-electron chi connectivity index (χ0n) is 11.2. The van der Waals surface area contributed by atoms with E-state index in [1.807, 2.05) is 39.0 Å². The molecule has 4 heteroatoms. The van der Waals surface area contributed by atoms with Gasteiger partial charge in [-0.15, -0.1) is 0 Å². The molecule has 0 spiro atoms. The van der Waals surface area contributed by atoms with Crippen LogP contribution in [0.5, 0.6) is 5.75 Å². The Balaban J connectivity index is 2.05. The van der Waals surface area contributed by atoms with E-state index >= 15 is 0 Å². The Morgan fingerprint density at radius 3 is 2.72 bits per heavy atom. The monoisotopic (exact) mass is 246 g/mol. The van der Waals surface area contributed by atoms with Crippen LogP contribution < -0.4 is 10.2 Å². The zero-order valence-corrected chi connectivity index (χ0v) is 11.2. The molecule has 0 aliphatic carbocycles. The second-order valence-electron chi connectivity index (χ2n) is 4.86. The van der Waals surface area contributed by atoms with E-state index < -0.39 is 0 Å². The predicted molar refractivity (Wildman–Crippen MR) is 71.7 cm³/mol. The van der Waals surface area contributed by atoms with Gasteiger partial charge in [0.2, 0.25) is 0 Å². The van der Waals surface area contributed by atoms with E-state index in [0.29, 0.717) is 12.1 Å². The first-order chi connectivity index (χ1) is 8.58. The van der Waals surface area contributed by atoms with Gasteiger partial charge >= 0.3 is 0 Å². The summed E-state index contributed by atoms with van der Waals surface area (Å²) in [5.74, 6) is 0.723.